The molecule has 1 aromatic rings. The van der Waals surface area contributed by atoms with Crippen LogP contribution in [0.3, 0.4) is 0 Å². The Hall–Kier alpha value is -1.10. The topological polar surface area (TPSA) is 41.6 Å². The lowest BCUT2D eigenvalue weighted by Crippen LogP contribution is -2.48. The largest absolute Gasteiger partial charge is 0.378 e. The van der Waals surface area contributed by atoms with Gasteiger partial charge in [-0.15, -0.1) is 0 Å². The molecule has 0 radical (unpaired) electrons. The fourth-order valence-corrected chi connectivity index (χ4v) is 3.51. The smallest absolute Gasteiger partial charge is 0.223 e. The van der Waals surface area contributed by atoms with Gasteiger partial charge < -0.3 is 15.0 Å². The molecular weight excluding hydrogens is 300 g/mol. The predicted octanol–water partition coefficient (Wildman–Crippen LogP) is 2.77. The molecule has 2 aliphatic rings. The summed E-state index contributed by atoms with van der Waals surface area (Å²) in [6.07, 6.45) is 3.90. The summed E-state index contributed by atoms with van der Waals surface area (Å²) in [4.78, 5) is 14.6. The summed E-state index contributed by atoms with van der Waals surface area (Å²) < 4.78 is 5.62. The van der Waals surface area contributed by atoms with Gasteiger partial charge in [0.25, 0.3) is 0 Å². The number of rotatable bonds is 4. The van der Waals surface area contributed by atoms with E-state index < -0.39 is 0 Å². The van der Waals surface area contributed by atoms with Gasteiger partial charge in [-0.1, -0.05) is 23.7 Å². The molecule has 2 saturated heterocycles. The number of carbonyl (C=O) groups is 1. The molecule has 1 amide bonds. The minimum atomic E-state index is 0.0736. The second-order valence-corrected chi connectivity index (χ2v) is 6.47. The molecule has 5 heteroatoms. The average Bonchev–Trinajstić information content (AvgIpc) is 3.06. The van der Waals surface area contributed by atoms with Crippen molar-refractivity contribution in [1.29, 1.82) is 0 Å². The van der Waals surface area contributed by atoms with Crippen LogP contribution in [0.5, 0.6) is 0 Å². The third-order valence-corrected chi connectivity index (χ3v) is 4.74. The number of ether oxygens (including phenoxy) is 1. The molecule has 0 aromatic heterocycles. The highest BCUT2D eigenvalue weighted by Crippen LogP contribution is 2.26. The summed E-state index contributed by atoms with van der Waals surface area (Å²) in [5, 5.41) is 4.09. The van der Waals surface area contributed by atoms with Crippen molar-refractivity contribution in [2.75, 3.05) is 26.2 Å². The Balaban J connectivity index is 1.65. The summed E-state index contributed by atoms with van der Waals surface area (Å²) in [5.74, 6) is 0.224. The Morgan fingerprint density at radius 2 is 2.36 bits per heavy atom. The summed E-state index contributed by atoms with van der Waals surface area (Å²) in [6, 6.07) is 7.89. The second kappa shape index (κ2) is 7.44. The van der Waals surface area contributed by atoms with E-state index in [4.69, 9.17) is 16.3 Å². The van der Waals surface area contributed by atoms with Gasteiger partial charge >= 0.3 is 0 Å². The number of carbonyl (C=O) groups excluding carboxylic acids is 1. The van der Waals surface area contributed by atoms with Crippen molar-refractivity contribution < 1.29 is 9.53 Å². The first-order chi connectivity index (χ1) is 10.7. The lowest BCUT2D eigenvalue weighted by Gasteiger charge is -2.37. The first kappa shape index (κ1) is 15.8. The minimum absolute atomic E-state index is 0.0736. The lowest BCUT2D eigenvalue weighted by atomic mass is 10.0. The molecule has 0 aliphatic carbocycles. The van der Waals surface area contributed by atoms with Crippen LogP contribution < -0.4 is 5.32 Å². The first-order valence-corrected chi connectivity index (χ1v) is 8.49. The zero-order valence-electron chi connectivity index (χ0n) is 12.8. The Morgan fingerprint density at radius 1 is 1.45 bits per heavy atom. The fraction of sp³-hybridized carbons (Fsp3) is 0.588. The minimum Gasteiger partial charge on any atom is -0.378 e. The lowest BCUT2D eigenvalue weighted by molar-refractivity contribution is -0.135. The normalized spacial score (nSPS) is 25.4. The zero-order chi connectivity index (χ0) is 15.4. The highest BCUT2D eigenvalue weighted by molar-refractivity contribution is 6.30. The summed E-state index contributed by atoms with van der Waals surface area (Å²) >= 11 is 6.10. The number of nitrogens with zero attached hydrogens (tertiary/aromatic N) is 1. The van der Waals surface area contributed by atoms with Crippen LogP contribution in [0.1, 0.15) is 37.3 Å². The van der Waals surface area contributed by atoms with E-state index in [0.717, 1.165) is 56.1 Å². The molecule has 1 N–H and O–H groups in total. The molecule has 2 aliphatic heterocycles. The number of piperazine rings is 1. The quantitative estimate of drug-likeness (QED) is 0.926. The number of hydrogen-bond acceptors (Lipinski definition) is 3. The van der Waals surface area contributed by atoms with Crippen LogP contribution >= 0.6 is 11.6 Å². The van der Waals surface area contributed by atoms with Crippen molar-refractivity contribution in [3.8, 4) is 0 Å². The van der Waals surface area contributed by atoms with E-state index in [2.05, 4.69) is 5.32 Å². The van der Waals surface area contributed by atoms with E-state index >= 15 is 0 Å². The summed E-state index contributed by atoms with van der Waals surface area (Å²) in [5.41, 5.74) is 1.10. The number of hydrogen-bond donors (Lipinski definition) is 1. The number of benzene rings is 1. The molecule has 3 rings (SSSR count). The van der Waals surface area contributed by atoms with Gasteiger partial charge in [-0.05, 0) is 37.0 Å². The van der Waals surface area contributed by atoms with E-state index in [1.54, 1.807) is 0 Å². The van der Waals surface area contributed by atoms with Gasteiger partial charge in [0.05, 0.1) is 12.1 Å². The van der Waals surface area contributed by atoms with Crippen molar-refractivity contribution in [3.05, 3.63) is 34.9 Å². The van der Waals surface area contributed by atoms with Crippen LogP contribution in [0.15, 0.2) is 24.3 Å². The van der Waals surface area contributed by atoms with Gasteiger partial charge in [-0.3, -0.25) is 4.79 Å². The number of amides is 1. The van der Waals surface area contributed by atoms with Crippen LogP contribution in [0.25, 0.3) is 0 Å². The fourth-order valence-electron chi connectivity index (χ4n) is 3.31. The van der Waals surface area contributed by atoms with Gasteiger partial charge in [-0.25, -0.2) is 0 Å². The standard InChI is InChI=1S/C17H23ClN2O2/c18-14-4-1-3-13(11-14)16-12-19-8-9-20(16)17(21)7-6-15-5-2-10-22-15/h1,3-4,11,15-16,19H,2,5-10,12H2. The molecule has 2 fully saturated rings. The molecule has 0 bridgehead atoms. The number of halogens is 1. The van der Waals surface area contributed by atoms with Gasteiger partial charge in [0.1, 0.15) is 0 Å². The third-order valence-electron chi connectivity index (χ3n) is 4.50. The van der Waals surface area contributed by atoms with E-state index in [1.807, 2.05) is 29.2 Å². The molecular formula is C17H23ClN2O2. The van der Waals surface area contributed by atoms with Crippen molar-refractivity contribution >= 4 is 17.5 Å². The molecule has 1 aromatic carbocycles. The molecule has 2 unspecified atom stereocenters. The molecule has 0 saturated carbocycles. The Morgan fingerprint density at radius 3 is 3.14 bits per heavy atom. The van der Waals surface area contributed by atoms with E-state index in [9.17, 15) is 4.79 Å². The van der Waals surface area contributed by atoms with Crippen LogP contribution in [-0.2, 0) is 9.53 Å². The summed E-state index contributed by atoms with van der Waals surface area (Å²) in [7, 11) is 0. The molecule has 2 atom stereocenters. The molecule has 2 heterocycles. The zero-order valence-corrected chi connectivity index (χ0v) is 13.5. The number of nitrogens with one attached hydrogen (secondary N) is 1. The predicted molar refractivity (Wildman–Crippen MR) is 87.0 cm³/mol. The second-order valence-electron chi connectivity index (χ2n) is 6.04. The maximum absolute atomic E-state index is 12.6. The Labute approximate surface area is 136 Å². The molecule has 120 valence electrons. The van der Waals surface area contributed by atoms with Crippen molar-refractivity contribution in [1.82, 2.24) is 10.2 Å². The van der Waals surface area contributed by atoms with Gasteiger partial charge in [0, 0.05) is 37.7 Å². The van der Waals surface area contributed by atoms with Gasteiger partial charge in [-0.2, -0.15) is 0 Å². The molecule has 22 heavy (non-hydrogen) atoms. The maximum atomic E-state index is 12.6. The van der Waals surface area contributed by atoms with Crippen LogP contribution in [0.4, 0.5) is 0 Å². The highest BCUT2D eigenvalue weighted by atomic mass is 35.5. The van der Waals surface area contributed by atoms with E-state index in [-0.39, 0.29) is 18.1 Å². The molecule has 4 nitrogen and oxygen atoms in total. The van der Waals surface area contributed by atoms with Crippen molar-refractivity contribution in [2.45, 2.75) is 37.8 Å². The van der Waals surface area contributed by atoms with Crippen molar-refractivity contribution in [3.63, 3.8) is 0 Å². The monoisotopic (exact) mass is 322 g/mol. The molecule has 0 spiro atoms. The highest BCUT2D eigenvalue weighted by Gasteiger charge is 2.28. The van der Waals surface area contributed by atoms with Gasteiger partial charge in [0.2, 0.25) is 5.91 Å². The Kier molecular flexibility index (Phi) is 5.34. The van der Waals surface area contributed by atoms with E-state index in [1.165, 1.54) is 0 Å². The van der Waals surface area contributed by atoms with Crippen molar-refractivity contribution in [2.24, 2.45) is 0 Å². The summed E-state index contributed by atoms with van der Waals surface area (Å²) in [6.45, 7) is 3.23. The first-order valence-electron chi connectivity index (χ1n) is 8.11. The average molecular weight is 323 g/mol. The van der Waals surface area contributed by atoms with Crippen LogP contribution in [0.2, 0.25) is 5.02 Å². The maximum Gasteiger partial charge on any atom is 0.223 e. The Bertz CT molecular complexity index is 517. The van der Waals surface area contributed by atoms with Gasteiger partial charge in [0.15, 0.2) is 0 Å². The van der Waals surface area contributed by atoms with E-state index in [0.29, 0.717) is 6.42 Å². The van der Waals surface area contributed by atoms with Crippen LogP contribution in [0, 0.1) is 0 Å². The third kappa shape index (κ3) is 3.80. The van der Waals surface area contributed by atoms with Crippen LogP contribution in [-0.4, -0.2) is 43.2 Å². The SMILES string of the molecule is O=C(CCC1CCCO1)N1CCNCC1c1cccc(Cl)c1.